The Labute approximate surface area is 166 Å². The first kappa shape index (κ1) is 18.7. The number of benzene rings is 2. The average Bonchev–Trinajstić information content (AvgIpc) is 3.16. The molecule has 0 aliphatic carbocycles. The van der Waals surface area contributed by atoms with Crippen molar-refractivity contribution in [3.05, 3.63) is 78.1 Å². The zero-order valence-electron chi connectivity index (χ0n) is 15.7. The second-order valence-electron chi connectivity index (χ2n) is 6.76. The third-order valence-corrected chi connectivity index (χ3v) is 4.70. The van der Waals surface area contributed by atoms with Crippen molar-refractivity contribution in [3.8, 4) is 5.75 Å². The monoisotopic (exact) mass is 394 g/mol. The van der Waals surface area contributed by atoms with Crippen LogP contribution in [0.2, 0.25) is 0 Å². The number of carbonyl (C=O) groups is 2. The minimum atomic E-state index is -0.915. The summed E-state index contributed by atoms with van der Waals surface area (Å²) in [6.45, 7) is 0.522. The van der Waals surface area contributed by atoms with Crippen LogP contribution in [0, 0.1) is 5.82 Å². The van der Waals surface area contributed by atoms with Gasteiger partial charge < -0.3 is 19.5 Å². The lowest BCUT2D eigenvalue weighted by atomic mass is 10.2. The number of hydrogen-bond acceptors (Lipinski definition) is 4. The van der Waals surface area contributed by atoms with Crippen molar-refractivity contribution in [2.24, 2.45) is 0 Å². The van der Waals surface area contributed by atoms with Crippen LogP contribution in [0.1, 0.15) is 16.1 Å². The molecule has 2 heterocycles. The molecular formula is C21H19FN4O3. The molecule has 1 aliphatic heterocycles. The number of rotatable bonds is 4. The lowest BCUT2D eigenvalue weighted by Gasteiger charge is -2.20. The molecule has 7 nitrogen and oxygen atoms in total. The highest BCUT2D eigenvalue weighted by molar-refractivity contribution is 6.02. The molecule has 1 N–H and O–H groups in total. The fourth-order valence-electron chi connectivity index (χ4n) is 3.17. The summed E-state index contributed by atoms with van der Waals surface area (Å²) in [6, 6.07) is 12.8. The number of amides is 2. The van der Waals surface area contributed by atoms with Gasteiger partial charge in [-0.05, 0) is 17.7 Å². The predicted molar refractivity (Wildman–Crippen MR) is 104 cm³/mol. The van der Waals surface area contributed by atoms with Gasteiger partial charge in [-0.15, -0.1) is 0 Å². The van der Waals surface area contributed by atoms with Gasteiger partial charge in [0.05, 0.1) is 12.0 Å². The standard InChI is InChI=1S/C21H19FN4O3/c1-25-18-9-15(22)7-8-19(18)29-12-17(21(25)28)24-20(27)16-11-26(13-23-16)10-14-5-3-2-4-6-14/h2-9,11,13,17H,10,12H2,1H3,(H,24,27)/t17-/m0/s1. The van der Waals surface area contributed by atoms with Crippen molar-refractivity contribution >= 4 is 17.5 Å². The van der Waals surface area contributed by atoms with Gasteiger partial charge in [-0.3, -0.25) is 9.59 Å². The summed E-state index contributed by atoms with van der Waals surface area (Å²) in [5, 5.41) is 2.66. The molecule has 8 heteroatoms. The van der Waals surface area contributed by atoms with E-state index in [-0.39, 0.29) is 12.3 Å². The highest BCUT2D eigenvalue weighted by Crippen LogP contribution is 2.31. The van der Waals surface area contributed by atoms with Crippen LogP contribution >= 0.6 is 0 Å². The van der Waals surface area contributed by atoms with E-state index < -0.39 is 23.7 Å². The lowest BCUT2D eigenvalue weighted by molar-refractivity contribution is -0.120. The molecule has 1 aromatic heterocycles. The highest BCUT2D eigenvalue weighted by atomic mass is 19.1. The van der Waals surface area contributed by atoms with E-state index in [0.717, 1.165) is 5.56 Å². The van der Waals surface area contributed by atoms with Crippen molar-refractivity contribution < 1.29 is 18.7 Å². The summed E-state index contributed by atoms with van der Waals surface area (Å²) in [7, 11) is 1.52. The first-order valence-electron chi connectivity index (χ1n) is 9.08. The highest BCUT2D eigenvalue weighted by Gasteiger charge is 2.31. The number of carbonyl (C=O) groups excluding carboxylic acids is 2. The van der Waals surface area contributed by atoms with Gasteiger partial charge in [-0.25, -0.2) is 9.37 Å². The third kappa shape index (κ3) is 3.96. The Kier molecular flexibility index (Phi) is 4.99. The van der Waals surface area contributed by atoms with Crippen LogP contribution in [0.25, 0.3) is 0 Å². The predicted octanol–water partition coefficient (Wildman–Crippen LogP) is 2.22. The number of anilines is 1. The second-order valence-corrected chi connectivity index (χ2v) is 6.76. The van der Waals surface area contributed by atoms with Gasteiger partial charge in [0.1, 0.15) is 29.9 Å². The van der Waals surface area contributed by atoms with Crippen molar-refractivity contribution in [1.82, 2.24) is 14.9 Å². The normalized spacial score (nSPS) is 16.0. The molecule has 0 unspecified atom stereocenters. The van der Waals surface area contributed by atoms with Crippen LogP contribution in [-0.2, 0) is 11.3 Å². The Hall–Kier alpha value is -3.68. The van der Waals surface area contributed by atoms with Crippen LogP contribution < -0.4 is 15.0 Å². The maximum absolute atomic E-state index is 13.5. The van der Waals surface area contributed by atoms with Gasteiger partial charge in [0.2, 0.25) is 0 Å². The number of imidazole rings is 1. The summed E-state index contributed by atoms with van der Waals surface area (Å²) in [5.74, 6) is -0.972. The van der Waals surface area contributed by atoms with Gasteiger partial charge in [0.15, 0.2) is 0 Å². The number of ether oxygens (including phenoxy) is 1. The third-order valence-electron chi connectivity index (χ3n) is 4.70. The largest absolute Gasteiger partial charge is 0.489 e. The lowest BCUT2D eigenvalue weighted by Crippen LogP contribution is -2.49. The van der Waals surface area contributed by atoms with E-state index in [1.54, 1.807) is 17.1 Å². The van der Waals surface area contributed by atoms with Crippen LogP contribution in [0.4, 0.5) is 10.1 Å². The summed E-state index contributed by atoms with van der Waals surface area (Å²) in [6.07, 6.45) is 3.19. The van der Waals surface area contributed by atoms with E-state index in [4.69, 9.17) is 4.74 Å². The van der Waals surface area contributed by atoms with Gasteiger partial charge in [-0.2, -0.15) is 0 Å². The quantitative estimate of drug-likeness (QED) is 0.736. The van der Waals surface area contributed by atoms with E-state index in [9.17, 15) is 14.0 Å². The van der Waals surface area contributed by atoms with Crippen molar-refractivity contribution in [2.75, 3.05) is 18.6 Å². The van der Waals surface area contributed by atoms with Crippen molar-refractivity contribution in [2.45, 2.75) is 12.6 Å². The van der Waals surface area contributed by atoms with Crippen molar-refractivity contribution in [3.63, 3.8) is 0 Å². The summed E-state index contributed by atoms with van der Waals surface area (Å²) < 4.78 is 20.9. The Bertz CT molecular complexity index is 1050. The van der Waals surface area contributed by atoms with Gasteiger partial charge >= 0.3 is 0 Å². The molecule has 1 aliphatic rings. The Morgan fingerprint density at radius 2 is 2.07 bits per heavy atom. The van der Waals surface area contributed by atoms with E-state index >= 15 is 0 Å². The number of likely N-dealkylation sites (N-methyl/N-ethyl adjacent to an activating group) is 1. The molecular weight excluding hydrogens is 375 g/mol. The van der Waals surface area contributed by atoms with E-state index in [1.807, 2.05) is 30.3 Å². The average molecular weight is 394 g/mol. The van der Waals surface area contributed by atoms with E-state index in [2.05, 4.69) is 10.3 Å². The molecule has 148 valence electrons. The summed E-state index contributed by atoms with van der Waals surface area (Å²) in [5.41, 5.74) is 1.60. The number of nitrogens with zero attached hydrogens (tertiary/aromatic N) is 3. The number of halogens is 1. The van der Waals surface area contributed by atoms with Crippen LogP contribution in [-0.4, -0.2) is 41.1 Å². The van der Waals surface area contributed by atoms with Gasteiger partial charge in [0, 0.05) is 25.9 Å². The molecule has 1 atom stereocenters. The molecule has 2 amide bonds. The molecule has 0 saturated heterocycles. The fraction of sp³-hybridized carbons (Fsp3) is 0.190. The SMILES string of the molecule is CN1C(=O)[C@@H](NC(=O)c2cn(Cc3ccccc3)cn2)COc2ccc(F)cc21. The van der Waals surface area contributed by atoms with Crippen LogP contribution in [0.15, 0.2) is 61.1 Å². The smallest absolute Gasteiger partial charge is 0.272 e. The summed E-state index contributed by atoms with van der Waals surface area (Å²) >= 11 is 0. The molecule has 0 saturated carbocycles. The molecule has 0 spiro atoms. The van der Waals surface area contributed by atoms with Crippen LogP contribution in [0.5, 0.6) is 5.75 Å². The van der Waals surface area contributed by atoms with E-state index in [0.29, 0.717) is 18.0 Å². The first-order valence-corrected chi connectivity index (χ1v) is 9.08. The molecule has 0 fully saturated rings. The minimum Gasteiger partial charge on any atom is -0.489 e. The van der Waals surface area contributed by atoms with Gasteiger partial charge in [0.25, 0.3) is 11.8 Å². The molecule has 3 aromatic rings. The maximum atomic E-state index is 13.5. The minimum absolute atomic E-state index is 0.0573. The Balaban J connectivity index is 1.45. The molecule has 29 heavy (non-hydrogen) atoms. The molecule has 0 radical (unpaired) electrons. The second kappa shape index (κ2) is 7.75. The summed E-state index contributed by atoms with van der Waals surface area (Å²) in [4.78, 5) is 30.7. The molecule has 4 rings (SSSR count). The molecule has 0 bridgehead atoms. The van der Waals surface area contributed by atoms with Crippen molar-refractivity contribution in [1.29, 1.82) is 0 Å². The number of aromatic nitrogens is 2. The number of fused-ring (bicyclic) bond motifs is 1. The van der Waals surface area contributed by atoms with E-state index in [1.165, 1.54) is 30.1 Å². The molecule has 2 aromatic carbocycles. The number of nitrogens with one attached hydrogen (secondary N) is 1. The van der Waals surface area contributed by atoms with Gasteiger partial charge in [-0.1, -0.05) is 30.3 Å². The fourth-order valence-corrected chi connectivity index (χ4v) is 3.17. The first-order chi connectivity index (χ1) is 14.0. The zero-order chi connectivity index (χ0) is 20.4. The zero-order valence-corrected chi connectivity index (χ0v) is 15.7. The Morgan fingerprint density at radius 3 is 2.86 bits per heavy atom. The van der Waals surface area contributed by atoms with Crippen LogP contribution in [0.3, 0.4) is 0 Å². The maximum Gasteiger partial charge on any atom is 0.272 e. The topological polar surface area (TPSA) is 76.5 Å². The number of hydrogen-bond donors (Lipinski definition) is 1. The Morgan fingerprint density at radius 1 is 1.28 bits per heavy atom.